The van der Waals surface area contributed by atoms with Gasteiger partial charge in [0.1, 0.15) is 5.82 Å². The van der Waals surface area contributed by atoms with Crippen molar-refractivity contribution in [3.8, 4) is 11.8 Å². The molecule has 0 heterocycles. The molecule has 0 radical (unpaired) electrons. The second-order valence-electron chi connectivity index (χ2n) is 3.85. The highest BCUT2D eigenvalue weighted by molar-refractivity contribution is 5.89. The fraction of sp³-hybridized carbons (Fsp3) is 0.357. The van der Waals surface area contributed by atoms with Crippen molar-refractivity contribution in [2.45, 2.75) is 19.8 Å². The van der Waals surface area contributed by atoms with E-state index in [0.29, 0.717) is 18.7 Å². The predicted octanol–water partition coefficient (Wildman–Crippen LogP) is 2.09. The van der Waals surface area contributed by atoms with Crippen LogP contribution in [0.5, 0.6) is 0 Å². The number of carbonyl (C=O) groups is 1. The summed E-state index contributed by atoms with van der Waals surface area (Å²) < 4.78 is 13.6. The average molecular weight is 264 g/mol. The third-order valence-electron chi connectivity index (χ3n) is 2.22. The third kappa shape index (κ3) is 5.40. The maximum absolute atomic E-state index is 13.6. The summed E-state index contributed by atoms with van der Waals surface area (Å²) in [5.74, 6) is 4.75. The molecule has 0 aliphatic carbocycles. The zero-order chi connectivity index (χ0) is 14.1. The van der Waals surface area contributed by atoms with Crippen LogP contribution in [0.25, 0.3) is 0 Å². The minimum Gasteiger partial charge on any atom is -0.395 e. The minimum atomic E-state index is -0.501. The molecule has 0 aliphatic heterocycles. The van der Waals surface area contributed by atoms with Gasteiger partial charge < -0.3 is 15.7 Å². The summed E-state index contributed by atoms with van der Waals surface area (Å²) in [7, 11) is 0. The van der Waals surface area contributed by atoms with Crippen LogP contribution in [-0.4, -0.2) is 24.3 Å². The van der Waals surface area contributed by atoms with Crippen molar-refractivity contribution >= 4 is 11.7 Å². The molecule has 3 N–H and O–H groups in total. The summed E-state index contributed by atoms with van der Waals surface area (Å²) in [5.41, 5.74) is 0.617. The zero-order valence-electron chi connectivity index (χ0n) is 10.8. The number of halogens is 1. The SMILES string of the molecule is CCCNC(=O)Nc1ccc(C#CCCO)c(F)c1. The molecule has 1 aromatic carbocycles. The molecule has 0 spiro atoms. The van der Waals surface area contributed by atoms with E-state index in [2.05, 4.69) is 22.5 Å². The van der Waals surface area contributed by atoms with E-state index in [1.165, 1.54) is 12.1 Å². The van der Waals surface area contributed by atoms with Crippen molar-refractivity contribution in [1.29, 1.82) is 0 Å². The molecule has 0 saturated heterocycles. The van der Waals surface area contributed by atoms with Gasteiger partial charge in [-0.2, -0.15) is 0 Å². The molecule has 5 heteroatoms. The largest absolute Gasteiger partial charge is 0.395 e. The van der Waals surface area contributed by atoms with E-state index in [9.17, 15) is 9.18 Å². The molecule has 0 fully saturated rings. The molecule has 0 aromatic heterocycles. The molecular weight excluding hydrogens is 247 g/mol. The molecule has 1 rings (SSSR count). The second-order valence-corrected chi connectivity index (χ2v) is 3.85. The maximum atomic E-state index is 13.6. The van der Waals surface area contributed by atoms with E-state index in [-0.39, 0.29) is 18.2 Å². The number of aliphatic hydroxyl groups excluding tert-OH is 1. The normalized spacial score (nSPS) is 9.42. The molecule has 19 heavy (non-hydrogen) atoms. The molecule has 0 aliphatic rings. The van der Waals surface area contributed by atoms with Crippen LogP contribution in [0.15, 0.2) is 18.2 Å². The van der Waals surface area contributed by atoms with E-state index in [4.69, 9.17) is 5.11 Å². The number of benzene rings is 1. The predicted molar refractivity (Wildman–Crippen MR) is 72.3 cm³/mol. The summed E-state index contributed by atoms with van der Waals surface area (Å²) in [4.78, 5) is 11.4. The van der Waals surface area contributed by atoms with Gasteiger partial charge in [0, 0.05) is 18.7 Å². The van der Waals surface area contributed by atoms with Crippen molar-refractivity contribution < 1.29 is 14.3 Å². The quantitative estimate of drug-likeness (QED) is 0.729. The first-order valence-electron chi connectivity index (χ1n) is 6.11. The lowest BCUT2D eigenvalue weighted by Crippen LogP contribution is -2.29. The summed E-state index contributed by atoms with van der Waals surface area (Å²) in [5, 5.41) is 13.7. The van der Waals surface area contributed by atoms with Crippen LogP contribution in [0.2, 0.25) is 0 Å². The van der Waals surface area contributed by atoms with Crippen LogP contribution in [-0.2, 0) is 0 Å². The third-order valence-corrected chi connectivity index (χ3v) is 2.22. The topological polar surface area (TPSA) is 61.4 Å². The summed E-state index contributed by atoms with van der Waals surface area (Å²) in [6.45, 7) is 2.46. The van der Waals surface area contributed by atoms with E-state index in [0.717, 1.165) is 6.42 Å². The van der Waals surface area contributed by atoms with Crippen LogP contribution in [0.3, 0.4) is 0 Å². The Morgan fingerprint density at radius 2 is 2.26 bits per heavy atom. The minimum absolute atomic E-state index is 0.0497. The Hall–Kier alpha value is -2.06. The van der Waals surface area contributed by atoms with Gasteiger partial charge in [-0.3, -0.25) is 0 Å². The van der Waals surface area contributed by atoms with E-state index in [1.54, 1.807) is 6.07 Å². The summed E-state index contributed by atoms with van der Waals surface area (Å²) in [6.07, 6.45) is 1.14. The number of nitrogens with one attached hydrogen (secondary N) is 2. The van der Waals surface area contributed by atoms with Crippen LogP contribution in [0.1, 0.15) is 25.3 Å². The number of carbonyl (C=O) groups excluding carboxylic acids is 1. The van der Waals surface area contributed by atoms with Crippen molar-refractivity contribution in [3.63, 3.8) is 0 Å². The fourth-order valence-corrected chi connectivity index (χ4v) is 1.32. The molecule has 0 bridgehead atoms. The van der Waals surface area contributed by atoms with Crippen LogP contribution < -0.4 is 10.6 Å². The number of rotatable bonds is 4. The Morgan fingerprint density at radius 1 is 1.47 bits per heavy atom. The Balaban J connectivity index is 2.67. The number of urea groups is 1. The summed E-state index contributed by atoms with van der Waals surface area (Å²) >= 11 is 0. The number of aliphatic hydroxyl groups is 1. The smallest absolute Gasteiger partial charge is 0.319 e. The molecule has 0 unspecified atom stereocenters. The van der Waals surface area contributed by atoms with Crippen molar-refractivity contribution in [2.24, 2.45) is 0 Å². The molecule has 4 nitrogen and oxygen atoms in total. The fourth-order valence-electron chi connectivity index (χ4n) is 1.32. The lowest BCUT2D eigenvalue weighted by atomic mass is 10.2. The first kappa shape index (κ1) is 15.0. The van der Waals surface area contributed by atoms with Gasteiger partial charge in [0.05, 0.1) is 12.2 Å². The Bertz CT molecular complexity index is 492. The molecule has 2 amide bonds. The first-order chi connectivity index (χ1) is 9.17. The first-order valence-corrected chi connectivity index (χ1v) is 6.11. The number of anilines is 1. The standard InChI is InChI=1S/C14H17FN2O2/c1-2-8-16-14(19)17-12-7-6-11(13(15)10-12)5-3-4-9-18/h6-7,10,18H,2,4,8-9H2,1H3,(H2,16,17,19). The van der Waals surface area contributed by atoms with Gasteiger partial charge in [0.15, 0.2) is 0 Å². The van der Waals surface area contributed by atoms with Gasteiger partial charge in [0.2, 0.25) is 0 Å². The number of hydrogen-bond acceptors (Lipinski definition) is 2. The van der Waals surface area contributed by atoms with Crippen LogP contribution >= 0.6 is 0 Å². The van der Waals surface area contributed by atoms with Gasteiger partial charge in [-0.05, 0) is 24.6 Å². The van der Waals surface area contributed by atoms with Crippen molar-refractivity contribution in [2.75, 3.05) is 18.5 Å². The number of amides is 2. The van der Waals surface area contributed by atoms with E-state index >= 15 is 0 Å². The summed E-state index contributed by atoms with van der Waals surface area (Å²) in [6, 6.07) is 3.93. The highest BCUT2D eigenvalue weighted by Crippen LogP contribution is 2.13. The van der Waals surface area contributed by atoms with Gasteiger partial charge in [-0.1, -0.05) is 18.8 Å². The zero-order valence-corrected chi connectivity index (χ0v) is 10.8. The van der Waals surface area contributed by atoms with Gasteiger partial charge in [-0.15, -0.1) is 0 Å². The molecule has 0 saturated carbocycles. The van der Waals surface area contributed by atoms with Crippen molar-refractivity contribution in [1.82, 2.24) is 5.32 Å². The molecule has 0 atom stereocenters. The average Bonchev–Trinajstić information content (AvgIpc) is 2.39. The Labute approximate surface area is 112 Å². The van der Waals surface area contributed by atoms with Gasteiger partial charge in [0.25, 0.3) is 0 Å². The lowest BCUT2D eigenvalue weighted by Gasteiger charge is -2.07. The van der Waals surface area contributed by atoms with E-state index in [1.807, 2.05) is 6.92 Å². The van der Waals surface area contributed by atoms with Crippen LogP contribution in [0.4, 0.5) is 14.9 Å². The lowest BCUT2D eigenvalue weighted by molar-refractivity contribution is 0.252. The Morgan fingerprint density at radius 3 is 2.89 bits per heavy atom. The molecule has 1 aromatic rings. The highest BCUT2D eigenvalue weighted by atomic mass is 19.1. The second kappa shape index (κ2) is 8.11. The van der Waals surface area contributed by atoms with Crippen LogP contribution in [0, 0.1) is 17.7 Å². The van der Waals surface area contributed by atoms with E-state index < -0.39 is 5.82 Å². The number of hydrogen-bond donors (Lipinski definition) is 3. The van der Waals surface area contributed by atoms with Gasteiger partial charge in [-0.25, -0.2) is 9.18 Å². The Kier molecular flexibility index (Phi) is 6.41. The molecule has 102 valence electrons. The molecular formula is C14H17FN2O2. The highest BCUT2D eigenvalue weighted by Gasteiger charge is 2.04. The van der Waals surface area contributed by atoms with Gasteiger partial charge >= 0.3 is 6.03 Å². The maximum Gasteiger partial charge on any atom is 0.319 e. The van der Waals surface area contributed by atoms with Crippen molar-refractivity contribution in [3.05, 3.63) is 29.6 Å². The monoisotopic (exact) mass is 264 g/mol.